The van der Waals surface area contributed by atoms with Crippen LogP contribution in [0.1, 0.15) is 54.5 Å². The third-order valence-corrected chi connectivity index (χ3v) is 7.96. The molecule has 0 aromatic carbocycles. The summed E-state index contributed by atoms with van der Waals surface area (Å²) in [5, 5.41) is 11.3. The van der Waals surface area contributed by atoms with Gasteiger partial charge in [-0.25, -0.2) is 4.79 Å². The first kappa shape index (κ1) is 27.6. The first-order valence-electron chi connectivity index (χ1n) is 13.5. The molecule has 9 nitrogen and oxygen atoms in total. The van der Waals surface area contributed by atoms with Gasteiger partial charge in [-0.2, -0.15) is 0 Å². The Balaban J connectivity index is 1.26. The lowest BCUT2D eigenvalue weighted by Crippen LogP contribution is -2.42. The highest BCUT2D eigenvalue weighted by Gasteiger charge is 2.45. The Bertz CT molecular complexity index is 1390. The lowest BCUT2D eigenvalue weighted by Gasteiger charge is -2.33. The number of nitrogens with zero attached hydrogens (tertiary/aromatic N) is 5. The van der Waals surface area contributed by atoms with Gasteiger partial charge in [-0.1, -0.05) is 48.6 Å². The van der Waals surface area contributed by atoms with Crippen molar-refractivity contribution in [2.24, 2.45) is 5.92 Å². The van der Waals surface area contributed by atoms with E-state index >= 15 is 0 Å². The van der Waals surface area contributed by atoms with Crippen molar-refractivity contribution in [1.29, 1.82) is 0 Å². The van der Waals surface area contributed by atoms with Gasteiger partial charge in [0.15, 0.2) is 0 Å². The molecular weight excluding hydrogens is 528 g/mol. The highest BCUT2D eigenvalue weighted by Crippen LogP contribution is 2.35. The highest BCUT2D eigenvalue weighted by molar-refractivity contribution is 6.30. The predicted molar refractivity (Wildman–Crippen MR) is 153 cm³/mol. The summed E-state index contributed by atoms with van der Waals surface area (Å²) in [6, 6.07) is 1.48. The number of halogens is 1. The molecule has 208 valence electrons. The summed E-state index contributed by atoms with van der Waals surface area (Å²) in [7, 11) is 0. The summed E-state index contributed by atoms with van der Waals surface area (Å²) >= 11 is 6.05. The standard InChI is InChI=1S/C30H33ClN6O3/c1-4-7-24(14-19(2)29-35-33-18-40-29)37-27-9-6-5-8-26(27)36(30(37)39)17-21-10-12-23(13-11-21)34-28(38)25-15-22(31)16-32-20(25)3/h4-9,14-16,18,21,23,26-27H,1,10-13,17H2,2-3H3,(H,34,38)/b19-14+,24-7+/t21-,23-,26?,27?. The summed E-state index contributed by atoms with van der Waals surface area (Å²) in [6.45, 7) is 8.19. The first-order chi connectivity index (χ1) is 19.4. The molecular formula is C30H33ClN6O3. The molecule has 1 saturated carbocycles. The normalized spacial score (nSPS) is 24.8. The largest absolute Gasteiger partial charge is 0.424 e. The predicted octanol–water partition coefficient (Wildman–Crippen LogP) is 5.49. The van der Waals surface area contributed by atoms with Gasteiger partial charge in [-0.05, 0) is 63.7 Å². The SMILES string of the molecule is C=C/C=C(\C=C(/C)c1nnco1)N1C(=O)N(C[C@H]2CC[C@H](NC(=O)c3cc(Cl)cnc3C)CC2)C2C=CC=CC21. The van der Waals surface area contributed by atoms with Gasteiger partial charge in [0, 0.05) is 30.1 Å². The molecule has 2 unspecified atom stereocenters. The zero-order valence-electron chi connectivity index (χ0n) is 22.7. The summed E-state index contributed by atoms with van der Waals surface area (Å²) in [4.78, 5) is 34.7. The van der Waals surface area contributed by atoms with Crippen molar-refractivity contribution in [2.75, 3.05) is 6.54 Å². The van der Waals surface area contributed by atoms with Crippen LogP contribution >= 0.6 is 11.6 Å². The van der Waals surface area contributed by atoms with Gasteiger partial charge in [0.05, 0.1) is 28.4 Å². The van der Waals surface area contributed by atoms with E-state index in [-0.39, 0.29) is 30.1 Å². The molecule has 2 aliphatic carbocycles. The van der Waals surface area contributed by atoms with Gasteiger partial charge in [0.1, 0.15) is 0 Å². The Morgan fingerprint density at radius 1 is 1.23 bits per heavy atom. The fraction of sp³-hybridized carbons (Fsp3) is 0.367. The van der Waals surface area contributed by atoms with E-state index < -0.39 is 0 Å². The molecule has 1 N–H and O–H groups in total. The van der Waals surface area contributed by atoms with E-state index in [1.54, 1.807) is 25.3 Å². The fourth-order valence-corrected chi connectivity index (χ4v) is 5.86. The molecule has 2 aromatic rings. The van der Waals surface area contributed by atoms with Crippen LogP contribution in [0.15, 0.2) is 77.9 Å². The highest BCUT2D eigenvalue weighted by atomic mass is 35.5. The van der Waals surface area contributed by atoms with Gasteiger partial charge in [-0.3, -0.25) is 14.7 Å². The fourth-order valence-electron chi connectivity index (χ4n) is 5.70. The van der Waals surface area contributed by atoms with E-state index in [0.29, 0.717) is 40.3 Å². The number of aromatic nitrogens is 3. The Hall–Kier alpha value is -3.98. The van der Waals surface area contributed by atoms with Crippen LogP contribution < -0.4 is 5.32 Å². The van der Waals surface area contributed by atoms with Crippen molar-refractivity contribution >= 4 is 29.1 Å². The monoisotopic (exact) mass is 560 g/mol. The summed E-state index contributed by atoms with van der Waals surface area (Å²) in [6.07, 6.45) is 19.9. The third kappa shape index (κ3) is 5.79. The van der Waals surface area contributed by atoms with Crippen LogP contribution in [0, 0.1) is 12.8 Å². The average molecular weight is 561 g/mol. The lowest BCUT2D eigenvalue weighted by atomic mass is 9.85. The number of urea groups is 1. The smallest absolute Gasteiger partial charge is 0.325 e. The number of pyridine rings is 1. The van der Waals surface area contributed by atoms with Gasteiger partial charge in [0.25, 0.3) is 5.91 Å². The number of nitrogens with one attached hydrogen (secondary N) is 1. The minimum atomic E-state index is -0.145. The Kier molecular flexibility index (Phi) is 8.30. The van der Waals surface area contributed by atoms with E-state index in [4.69, 9.17) is 16.0 Å². The summed E-state index contributed by atoms with van der Waals surface area (Å²) in [5.41, 5.74) is 2.63. The van der Waals surface area contributed by atoms with Crippen molar-refractivity contribution in [2.45, 2.75) is 57.7 Å². The molecule has 1 saturated heterocycles. The van der Waals surface area contributed by atoms with Crippen LogP contribution in [0.3, 0.4) is 0 Å². The molecule has 1 aliphatic heterocycles. The van der Waals surface area contributed by atoms with Crippen molar-refractivity contribution in [3.8, 4) is 0 Å². The summed E-state index contributed by atoms with van der Waals surface area (Å²) < 4.78 is 5.34. The van der Waals surface area contributed by atoms with Crippen LogP contribution in [0.4, 0.5) is 4.79 Å². The number of rotatable bonds is 8. The molecule has 0 spiro atoms. The van der Waals surface area contributed by atoms with Gasteiger partial charge >= 0.3 is 6.03 Å². The number of aryl methyl sites for hydroxylation is 1. The molecule has 2 fully saturated rings. The van der Waals surface area contributed by atoms with Crippen molar-refractivity contribution in [3.63, 3.8) is 0 Å². The van der Waals surface area contributed by atoms with Gasteiger partial charge < -0.3 is 14.6 Å². The molecule has 2 aromatic heterocycles. The maximum Gasteiger partial charge on any atom is 0.325 e. The third-order valence-electron chi connectivity index (χ3n) is 7.75. The van der Waals surface area contributed by atoms with Crippen molar-refractivity contribution in [3.05, 3.63) is 95.6 Å². The number of allylic oxidation sites excluding steroid dienone is 6. The Labute approximate surface area is 239 Å². The van der Waals surface area contributed by atoms with Crippen LogP contribution in [-0.2, 0) is 0 Å². The second kappa shape index (κ2) is 12.0. The Morgan fingerprint density at radius 3 is 2.67 bits per heavy atom. The molecule has 5 rings (SSSR count). The number of carbonyl (C=O) groups is 2. The topological polar surface area (TPSA) is 104 Å². The Morgan fingerprint density at radius 2 is 1.98 bits per heavy atom. The average Bonchev–Trinajstić information content (AvgIpc) is 3.58. The maximum absolute atomic E-state index is 13.9. The van der Waals surface area contributed by atoms with E-state index in [9.17, 15) is 9.59 Å². The number of carbonyl (C=O) groups excluding carboxylic acids is 2. The van der Waals surface area contributed by atoms with E-state index in [0.717, 1.165) is 31.3 Å². The molecule has 0 bridgehead atoms. The molecule has 2 atom stereocenters. The minimum Gasteiger partial charge on any atom is -0.424 e. The van der Waals surface area contributed by atoms with Crippen LogP contribution in [0.2, 0.25) is 5.02 Å². The second-order valence-corrected chi connectivity index (χ2v) is 10.9. The van der Waals surface area contributed by atoms with Crippen LogP contribution in [0.25, 0.3) is 5.57 Å². The zero-order chi connectivity index (χ0) is 28.2. The maximum atomic E-state index is 13.9. The number of amides is 3. The minimum absolute atomic E-state index is 0.0479. The number of hydrogen-bond donors (Lipinski definition) is 1. The lowest BCUT2D eigenvalue weighted by molar-refractivity contribution is 0.0917. The molecule has 3 aliphatic rings. The quantitative estimate of drug-likeness (QED) is 0.428. The molecule has 0 radical (unpaired) electrons. The molecule has 3 amide bonds. The summed E-state index contributed by atoms with van der Waals surface area (Å²) in [5.74, 6) is 0.600. The first-order valence-corrected chi connectivity index (χ1v) is 13.9. The molecule has 10 heteroatoms. The zero-order valence-corrected chi connectivity index (χ0v) is 23.4. The van der Waals surface area contributed by atoms with Crippen molar-refractivity contribution < 1.29 is 14.0 Å². The van der Waals surface area contributed by atoms with E-state index in [1.165, 1.54) is 6.39 Å². The van der Waals surface area contributed by atoms with E-state index in [1.807, 2.05) is 41.0 Å². The van der Waals surface area contributed by atoms with Crippen LogP contribution in [-0.4, -0.2) is 61.6 Å². The number of hydrogen-bond acceptors (Lipinski definition) is 6. The number of fused-ring (bicyclic) bond motifs is 1. The molecule has 3 heterocycles. The van der Waals surface area contributed by atoms with Crippen molar-refractivity contribution in [1.82, 2.24) is 30.3 Å². The molecule has 40 heavy (non-hydrogen) atoms. The van der Waals surface area contributed by atoms with Gasteiger partial charge in [-0.15, -0.1) is 10.2 Å². The van der Waals surface area contributed by atoms with Crippen LogP contribution in [0.5, 0.6) is 0 Å². The van der Waals surface area contributed by atoms with Gasteiger partial charge in [0.2, 0.25) is 12.3 Å². The van der Waals surface area contributed by atoms with E-state index in [2.05, 4.69) is 39.2 Å². The second-order valence-electron chi connectivity index (χ2n) is 10.4.